The first-order valence-electron chi connectivity index (χ1n) is 5.91. The van der Waals surface area contributed by atoms with Gasteiger partial charge in [-0.3, -0.25) is 9.59 Å². The molecule has 1 fully saturated rings. The highest BCUT2D eigenvalue weighted by molar-refractivity contribution is 5.84. The largest absolute Gasteiger partial charge is 0.383 e. The molecule has 0 heterocycles. The van der Waals surface area contributed by atoms with Gasteiger partial charge in [0.05, 0.1) is 13.2 Å². The van der Waals surface area contributed by atoms with Crippen LogP contribution in [0.4, 0.5) is 0 Å². The fourth-order valence-electron chi connectivity index (χ4n) is 1.51. The number of methoxy groups -OCH3 is 1. The van der Waals surface area contributed by atoms with Crippen molar-refractivity contribution in [1.29, 1.82) is 0 Å². The highest BCUT2D eigenvalue weighted by atomic mass is 16.5. The molecule has 4 N–H and O–H groups in total. The fraction of sp³-hybridized carbons (Fsp3) is 0.818. The lowest BCUT2D eigenvalue weighted by Gasteiger charge is -2.10. The lowest BCUT2D eigenvalue weighted by atomic mass is 10.1. The van der Waals surface area contributed by atoms with Gasteiger partial charge in [0.25, 0.3) is 0 Å². The molecule has 0 bridgehead atoms. The SMILES string of the molecule is COCCNC(=O)CNC(=O)CC(N)C1CC1. The lowest BCUT2D eigenvalue weighted by Crippen LogP contribution is -2.40. The van der Waals surface area contributed by atoms with E-state index in [-0.39, 0.29) is 24.4 Å². The van der Waals surface area contributed by atoms with Crippen molar-refractivity contribution in [3.8, 4) is 0 Å². The van der Waals surface area contributed by atoms with Crippen LogP contribution in [0, 0.1) is 5.92 Å². The van der Waals surface area contributed by atoms with Crippen LogP contribution in [0.25, 0.3) is 0 Å². The maximum atomic E-state index is 11.4. The van der Waals surface area contributed by atoms with Crippen LogP contribution in [0.2, 0.25) is 0 Å². The summed E-state index contributed by atoms with van der Waals surface area (Å²) in [5.74, 6) is 0.123. The van der Waals surface area contributed by atoms with Crippen LogP contribution >= 0.6 is 0 Å². The summed E-state index contributed by atoms with van der Waals surface area (Å²) in [4.78, 5) is 22.7. The topological polar surface area (TPSA) is 93.5 Å². The molecule has 98 valence electrons. The molecule has 0 aromatic rings. The predicted octanol–water partition coefficient (Wildman–Crippen LogP) is -1.01. The van der Waals surface area contributed by atoms with Crippen molar-refractivity contribution < 1.29 is 14.3 Å². The first kappa shape index (κ1) is 13.9. The molecule has 17 heavy (non-hydrogen) atoms. The molecule has 0 spiro atoms. The Morgan fingerprint density at radius 3 is 2.65 bits per heavy atom. The molecular formula is C11H21N3O3. The quantitative estimate of drug-likeness (QED) is 0.476. The molecular weight excluding hydrogens is 222 g/mol. The maximum Gasteiger partial charge on any atom is 0.239 e. The number of nitrogens with one attached hydrogen (secondary N) is 2. The first-order chi connectivity index (χ1) is 8.13. The summed E-state index contributed by atoms with van der Waals surface area (Å²) in [6.45, 7) is 0.916. The molecule has 1 rings (SSSR count). The third-order valence-electron chi connectivity index (χ3n) is 2.72. The number of hydrogen-bond acceptors (Lipinski definition) is 4. The van der Waals surface area contributed by atoms with Gasteiger partial charge in [0.15, 0.2) is 0 Å². The van der Waals surface area contributed by atoms with Crippen molar-refractivity contribution in [3.05, 3.63) is 0 Å². The van der Waals surface area contributed by atoms with Crippen molar-refractivity contribution >= 4 is 11.8 Å². The van der Waals surface area contributed by atoms with E-state index in [9.17, 15) is 9.59 Å². The van der Waals surface area contributed by atoms with Crippen LogP contribution in [-0.2, 0) is 14.3 Å². The van der Waals surface area contributed by atoms with E-state index < -0.39 is 0 Å². The van der Waals surface area contributed by atoms with E-state index in [2.05, 4.69) is 10.6 Å². The summed E-state index contributed by atoms with van der Waals surface area (Å²) in [6.07, 6.45) is 2.54. The number of ether oxygens (including phenoxy) is 1. The summed E-state index contributed by atoms with van der Waals surface area (Å²) in [5, 5.41) is 5.17. The number of rotatable bonds is 8. The van der Waals surface area contributed by atoms with Crippen LogP contribution < -0.4 is 16.4 Å². The zero-order valence-corrected chi connectivity index (χ0v) is 10.2. The van der Waals surface area contributed by atoms with Crippen LogP contribution in [0.15, 0.2) is 0 Å². The number of amides is 2. The number of carbonyl (C=O) groups is 2. The summed E-state index contributed by atoms with van der Waals surface area (Å²) >= 11 is 0. The highest BCUT2D eigenvalue weighted by Gasteiger charge is 2.29. The van der Waals surface area contributed by atoms with E-state index in [1.807, 2.05) is 0 Å². The molecule has 1 aliphatic rings. The molecule has 0 aromatic heterocycles. The molecule has 6 nitrogen and oxygen atoms in total. The maximum absolute atomic E-state index is 11.4. The molecule has 1 aliphatic carbocycles. The monoisotopic (exact) mass is 243 g/mol. The first-order valence-corrected chi connectivity index (χ1v) is 5.91. The average Bonchev–Trinajstić information content (AvgIpc) is 3.10. The second kappa shape index (κ2) is 7.24. The molecule has 0 aromatic carbocycles. The molecule has 1 atom stereocenters. The Bertz CT molecular complexity index is 267. The molecule has 0 radical (unpaired) electrons. The van der Waals surface area contributed by atoms with Crippen molar-refractivity contribution in [2.75, 3.05) is 26.8 Å². The van der Waals surface area contributed by atoms with Gasteiger partial charge < -0.3 is 21.1 Å². The lowest BCUT2D eigenvalue weighted by molar-refractivity contribution is -0.126. The Kier molecular flexibility index (Phi) is 5.93. The van der Waals surface area contributed by atoms with Gasteiger partial charge in [-0.15, -0.1) is 0 Å². The van der Waals surface area contributed by atoms with Gasteiger partial charge in [-0.05, 0) is 18.8 Å². The molecule has 0 aliphatic heterocycles. The smallest absolute Gasteiger partial charge is 0.239 e. The summed E-state index contributed by atoms with van der Waals surface area (Å²) < 4.78 is 4.79. The van der Waals surface area contributed by atoms with E-state index in [1.54, 1.807) is 7.11 Å². The Labute approximate surface area is 101 Å². The summed E-state index contributed by atoms with van der Waals surface area (Å²) in [5.41, 5.74) is 5.81. The van der Waals surface area contributed by atoms with E-state index in [4.69, 9.17) is 10.5 Å². The van der Waals surface area contributed by atoms with Gasteiger partial charge in [0, 0.05) is 26.1 Å². The van der Waals surface area contributed by atoms with Crippen molar-refractivity contribution in [3.63, 3.8) is 0 Å². The molecule has 2 amide bonds. The van der Waals surface area contributed by atoms with Crippen molar-refractivity contribution in [1.82, 2.24) is 10.6 Å². The van der Waals surface area contributed by atoms with Gasteiger partial charge in [0.2, 0.25) is 11.8 Å². The standard InChI is InChI=1S/C11H21N3O3/c1-17-5-4-13-11(16)7-14-10(15)6-9(12)8-2-3-8/h8-9H,2-7,12H2,1H3,(H,13,16)(H,14,15). The molecule has 0 saturated heterocycles. The fourth-order valence-corrected chi connectivity index (χ4v) is 1.51. The summed E-state index contributed by atoms with van der Waals surface area (Å²) in [6, 6.07) is -0.0634. The number of nitrogens with two attached hydrogens (primary N) is 1. The summed E-state index contributed by atoms with van der Waals surface area (Å²) in [7, 11) is 1.56. The van der Waals surface area contributed by atoms with Crippen LogP contribution in [0.5, 0.6) is 0 Å². The van der Waals surface area contributed by atoms with E-state index in [0.717, 1.165) is 12.8 Å². The Morgan fingerprint density at radius 1 is 1.35 bits per heavy atom. The molecule has 6 heteroatoms. The second-order valence-corrected chi connectivity index (χ2v) is 4.32. The van der Waals surface area contributed by atoms with E-state index in [1.165, 1.54) is 0 Å². The van der Waals surface area contributed by atoms with E-state index in [0.29, 0.717) is 25.5 Å². The highest BCUT2D eigenvalue weighted by Crippen LogP contribution is 2.32. The van der Waals surface area contributed by atoms with Crippen LogP contribution in [0.3, 0.4) is 0 Å². The second-order valence-electron chi connectivity index (χ2n) is 4.32. The Morgan fingerprint density at radius 2 is 2.06 bits per heavy atom. The zero-order chi connectivity index (χ0) is 12.7. The van der Waals surface area contributed by atoms with Gasteiger partial charge in [-0.2, -0.15) is 0 Å². The van der Waals surface area contributed by atoms with Gasteiger partial charge in [-0.25, -0.2) is 0 Å². The number of carbonyl (C=O) groups excluding carboxylic acids is 2. The van der Waals surface area contributed by atoms with Gasteiger partial charge >= 0.3 is 0 Å². The zero-order valence-electron chi connectivity index (χ0n) is 10.2. The third kappa shape index (κ3) is 6.23. The molecule has 1 saturated carbocycles. The van der Waals surface area contributed by atoms with Gasteiger partial charge in [-0.1, -0.05) is 0 Å². The van der Waals surface area contributed by atoms with Crippen LogP contribution in [-0.4, -0.2) is 44.7 Å². The van der Waals surface area contributed by atoms with E-state index >= 15 is 0 Å². The predicted molar refractivity (Wildman–Crippen MR) is 63.2 cm³/mol. The normalized spacial score (nSPS) is 16.4. The third-order valence-corrected chi connectivity index (χ3v) is 2.72. The molecule has 1 unspecified atom stereocenters. The van der Waals surface area contributed by atoms with Gasteiger partial charge in [0.1, 0.15) is 0 Å². The minimum Gasteiger partial charge on any atom is -0.383 e. The van der Waals surface area contributed by atoms with Crippen LogP contribution in [0.1, 0.15) is 19.3 Å². The Hall–Kier alpha value is -1.14. The van der Waals surface area contributed by atoms with Crippen molar-refractivity contribution in [2.45, 2.75) is 25.3 Å². The minimum absolute atomic E-state index is 0.0000652. The average molecular weight is 243 g/mol. The minimum atomic E-state index is -0.213. The number of hydrogen-bond donors (Lipinski definition) is 3. The Balaban J connectivity index is 2.03. The van der Waals surface area contributed by atoms with Crippen molar-refractivity contribution in [2.24, 2.45) is 11.7 Å².